The van der Waals surface area contributed by atoms with Gasteiger partial charge in [-0.3, -0.25) is 4.79 Å². The molecule has 1 N–H and O–H groups in total. The molecule has 0 radical (unpaired) electrons. The van der Waals surface area contributed by atoms with Gasteiger partial charge in [-0.1, -0.05) is 43.1 Å². The maximum atomic E-state index is 12.6. The van der Waals surface area contributed by atoms with Crippen molar-refractivity contribution in [3.63, 3.8) is 0 Å². The third-order valence-electron chi connectivity index (χ3n) is 5.20. The van der Waals surface area contributed by atoms with Crippen LogP contribution in [0.2, 0.25) is 5.02 Å². The van der Waals surface area contributed by atoms with Gasteiger partial charge in [0.15, 0.2) is 11.0 Å². The minimum atomic E-state index is -0.234. The Kier molecular flexibility index (Phi) is 7.24. The summed E-state index contributed by atoms with van der Waals surface area (Å²) in [4.78, 5) is 12.6. The van der Waals surface area contributed by atoms with E-state index in [1.807, 2.05) is 30.7 Å². The van der Waals surface area contributed by atoms with E-state index in [9.17, 15) is 4.79 Å². The van der Waals surface area contributed by atoms with Gasteiger partial charge < -0.3 is 14.6 Å². The molecule has 1 fully saturated rings. The van der Waals surface area contributed by atoms with Crippen LogP contribution < -0.4 is 10.1 Å². The Hall–Kier alpha value is -1.73. The van der Waals surface area contributed by atoms with E-state index in [-0.39, 0.29) is 17.2 Å². The maximum absolute atomic E-state index is 12.6. The molecule has 1 heterocycles. The third-order valence-corrected chi connectivity index (χ3v) is 6.58. The summed E-state index contributed by atoms with van der Waals surface area (Å²) in [6, 6.07) is 7.47. The number of nitrogens with zero attached hydrogens (tertiary/aromatic N) is 3. The molecule has 0 spiro atoms. The molecular formula is C20H27ClN4O2S. The molecule has 1 saturated carbocycles. The van der Waals surface area contributed by atoms with Crippen LogP contribution in [0, 0.1) is 5.92 Å². The zero-order valence-corrected chi connectivity index (χ0v) is 18.1. The lowest BCUT2D eigenvalue weighted by Crippen LogP contribution is -2.44. The smallest absolute Gasteiger partial charge is 0.233 e. The monoisotopic (exact) mass is 422 g/mol. The second-order valence-corrected chi connectivity index (χ2v) is 9.08. The minimum Gasteiger partial charge on any atom is -0.486 e. The van der Waals surface area contributed by atoms with Crippen molar-refractivity contribution < 1.29 is 9.53 Å². The van der Waals surface area contributed by atoms with Crippen molar-refractivity contribution in [2.24, 2.45) is 13.0 Å². The number of ether oxygens (including phenoxy) is 1. The number of hydrogen-bond donors (Lipinski definition) is 1. The van der Waals surface area contributed by atoms with E-state index in [1.165, 1.54) is 31.0 Å². The van der Waals surface area contributed by atoms with E-state index in [0.29, 0.717) is 28.5 Å². The Morgan fingerprint density at radius 2 is 2.04 bits per heavy atom. The lowest BCUT2D eigenvalue weighted by molar-refractivity contribution is -0.121. The largest absolute Gasteiger partial charge is 0.486 e. The first-order valence-electron chi connectivity index (χ1n) is 9.67. The van der Waals surface area contributed by atoms with Gasteiger partial charge in [-0.05, 0) is 49.9 Å². The highest BCUT2D eigenvalue weighted by molar-refractivity contribution is 8.00. The average molecular weight is 423 g/mol. The van der Waals surface area contributed by atoms with Crippen LogP contribution >= 0.6 is 23.4 Å². The van der Waals surface area contributed by atoms with E-state index in [1.54, 1.807) is 12.1 Å². The number of hydrogen-bond acceptors (Lipinski definition) is 5. The Morgan fingerprint density at radius 1 is 1.32 bits per heavy atom. The van der Waals surface area contributed by atoms with Crippen LogP contribution in [0.5, 0.6) is 5.75 Å². The Morgan fingerprint density at radius 3 is 2.75 bits per heavy atom. The Balaban J connectivity index is 1.54. The van der Waals surface area contributed by atoms with E-state index in [4.69, 9.17) is 16.3 Å². The molecule has 3 unspecified atom stereocenters. The zero-order chi connectivity index (χ0) is 20.1. The van der Waals surface area contributed by atoms with Gasteiger partial charge in [-0.15, -0.1) is 10.2 Å². The second kappa shape index (κ2) is 9.65. The number of aromatic nitrogens is 3. The standard InChI is InChI=1S/C20H27ClN4O2S/c1-13-6-4-5-7-17(13)22-19(26)14(2)28-20-24-23-18(25(20)3)12-27-16-10-8-15(21)9-11-16/h8-11,13-14,17H,4-7,12H2,1-3H3,(H,22,26). The van der Waals surface area contributed by atoms with Crippen molar-refractivity contribution in [3.8, 4) is 5.75 Å². The predicted octanol–water partition coefficient (Wildman–Crippen LogP) is 4.22. The van der Waals surface area contributed by atoms with Gasteiger partial charge in [0.2, 0.25) is 5.91 Å². The van der Waals surface area contributed by atoms with Crippen LogP contribution in [0.4, 0.5) is 0 Å². The summed E-state index contributed by atoms with van der Waals surface area (Å²) in [7, 11) is 1.89. The number of thioether (sulfide) groups is 1. The summed E-state index contributed by atoms with van der Waals surface area (Å²) in [5, 5.41) is 12.8. The summed E-state index contributed by atoms with van der Waals surface area (Å²) in [6.45, 7) is 4.43. The van der Waals surface area contributed by atoms with Crippen molar-refractivity contribution in [3.05, 3.63) is 35.1 Å². The zero-order valence-electron chi connectivity index (χ0n) is 16.5. The number of carbonyl (C=O) groups is 1. The first kappa shape index (κ1) is 21.0. The fourth-order valence-corrected chi connectivity index (χ4v) is 4.26. The number of halogens is 1. The molecule has 1 amide bonds. The molecule has 0 bridgehead atoms. The van der Waals surface area contributed by atoms with Crippen molar-refractivity contribution >= 4 is 29.3 Å². The van der Waals surface area contributed by atoms with E-state index in [0.717, 1.165) is 12.2 Å². The van der Waals surface area contributed by atoms with Gasteiger partial charge >= 0.3 is 0 Å². The molecule has 1 aromatic carbocycles. The maximum Gasteiger partial charge on any atom is 0.233 e. The average Bonchev–Trinajstić information content (AvgIpc) is 3.03. The van der Waals surface area contributed by atoms with Crippen LogP contribution in [-0.4, -0.2) is 32.0 Å². The molecule has 6 nitrogen and oxygen atoms in total. The normalized spacial score (nSPS) is 20.6. The highest BCUT2D eigenvalue weighted by atomic mass is 35.5. The first-order valence-corrected chi connectivity index (χ1v) is 10.9. The summed E-state index contributed by atoms with van der Waals surface area (Å²) in [5.74, 6) is 2.02. The molecule has 1 aliphatic carbocycles. The molecule has 3 atom stereocenters. The fraction of sp³-hybridized carbons (Fsp3) is 0.550. The van der Waals surface area contributed by atoms with E-state index >= 15 is 0 Å². The quantitative estimate of drug-likeness (QED) is 0.676. The van der Waals surface area contributed by atoms with Gasteiger partial charge in [0, 0.05) is 18.1 Å². The number of nitrogens with one attached hydrogen (secondary N) is 1. The minimum absolute atomic E-state index is 0.0608. The summed E-state index contributed by atoms with van der Waals surface area (Å²) < 4.78 is 7.60. The molecule has 1 aliphatic rings. The summed E-state index contributed by atoms with van der Waals surface area (Å²) in [6.07, 6.45) is 4.71. The van der Waals surface area contributed by atoms with Gasteiger partial charge in [-0.2, -0.15) is 0 Å². The molecule has 2 aromatic rings. The molecule has 0 aliphatic heterocycles. The number of rotatable bonds is 7. The SMILES string of the molecule is CC(Sc1nnc(COc2ccc(Cl)cc2)n1C)C(=O)NC1CCCCC1C. The highest BCUT2D eigenvalue weighted by Crippen LogP contribution is 2.26. The Labute approximate surface area is 175 Å². The van der Waals surface area contributed by atoms with Crippen LogP contribution in [0.25, 0.3) is 0 Å². The van der Waals surface area contributed by atoms with Crippen molar-refractivity contribution in [1.82, 2.24) is 20.1 Å². The Bertz CT molecular complexity index is 796. The molecule has 152 valence electrons. The van der Waals surface area contributed by atoms with Gasteiger partial charge in [0.25, 0.3) is 0 Å². The van der Waals surface area contributed by atoms with E-state index < -0.39 is 0 Å². The van der Waals surface area contributed by atoms with Crippen molar-refractivity contribution in [1.29, 1.82) is 0 Å². The van der Waals surface area contributed by atoms with Gasteiger partial charge in [0.1, 0.15) is 12.4 Å². The van der Waals surface area contributed by atoms with Gasteiger partial charge in [0.05, 0.1) is 5.25 Å². The fourth-order valence-electron chi connectivity index (χ4n) is 3.29. The molecule has 8 heteroatoms. The molecular weight excluding hydrogens is 396 g/mol. The molecule has 3 rings (SSSR count). The van der Waals surface area contributed by atoms with Gasteiger partial charge in [-0.25, -0.2) is 0 Å². The molecule has 0 saturated heterocycles. The topological polar surface area (TPSA) is 69.0 Å². The molecule has 1 aromatic heterocycles. The first-order chi connectivity index (χ1) is 13.4. The lowest BCUT2D eigenvalue weighted by Gasteiger charge is -2.30. The second-order valence-electron chi connectivity index (χ2n) is 7.34. The van der Waals surface area contributed by atoms with Crippen LogP contribution in [0.15, 0.2) is 29.4 Å². The van der Waals surface area contributed by atoms with E-state index in [2.05, 4.69) is 22.4 Å². The third kappa shape index (κ3) is 5.41. The van der Waals surface area contributed by atoms with Crippen LogP contribution in [-0.2, 0) is 18.4 Å². The summed E-state index contributed by atoms with van der Waals surface area (Å²) in [5.41, 5.74) is 0. The predicted molar refractivity (Wildman–Crippen MR) is 112 cm³/mol. The summed E-state index contributed by atoms with van der Waals surface area (Å²) >= 11 is 7.30. The van der Waals surface area contributed by atoms with Crippen LogP contribution in [0.1, 0.15) is 45.4 Å². The number of carbonyl (C=O) groups excluding carboxylic acids is 1. The van der Waals surface area contributed by atoms with Crippen molar-refractivity contribution in [2.45, 2.75) is 62.6 Å². The van der Waals surface area contributed by atoms with Crippen LogP contribution in [0.3, 0.4) is 0 Å². The molecule has 28 heavy (non-hydrogen) atoms. The number of amides is 1. The number of benzene rings is 1. The highest BCUT2D eigenvalue weighted by Gasteiger charge is 2.26. The lowest BCUT2D eigenvalue weighted by atomic mass is 9.86. The van der Waals surface area contributed by atoms with Crippen molar-refractivity contribution in [2.75, 3.05) is 0 Å².